The molecule has 0 N–H and O–H groups in total. The van der Waals surface area contributed by atoms with E-state index in [-0.39, 0.29) is 28.5 Å². The van der Waals surface area contributed by atoms with Crippen LogP contribution in [0.15, 0.2) is 30.5 Å². The van der Waals surface area contributed by atoms with Crippen LogP contribution in [0.4, 0.5) is 13.2 Å². The molecule has 0 unspecified atom stereocenters. The van der Waals surface area contributed by atoms with Crippen LogP contribution in [0.5, 0.6) is 11.5 Å². The van der Waals surface area contributed by atoms with Gasteiger partial charge in [-0.3, -0.25) is 9.78 Å². The van der Waals surface area contributed by atoms with Crippen molar-refractivity contribution in [3.05, 3.63) is 52.8 Å². The Kier molecular flexibility index (Phi) is 7.17. The molecule has 0 radical (unpaired) electrons. The van der Waals surface area contributed by atoms with Gasteiger partial charge in [-0.05, 0) is 49.4 Å². The number of carbonyl (C=O) groups is 1. The maximum atomic E-state index is 13.3. The Morgan fingerprint density at radius 2 is 1.91 bits per heavy atom. The van der Waals surface area contributed by atoms with Crippen molar-refractivity contribution in [2.24, 2.45) is 0 Å². The predicted molar refractivity (Wildman–Crippen MR) is 120 cm³/mol. The van der Waals surface area contributed by atoms with Crippen molar-refractivity contribution >= 4 is 5.91 Å². The van der Waals surface area contributed by atoms with E-state index in [2.05, 4.69) is 11.1 Å². The highest BCUT2D eigenvalue weighted by molar-refractivity contribution is 6.01. The molecule has 0 bridgehead atoms. The fourth-order valence-electron chi connectivity index (χ4n) is 4.34. The molecule has 2 aliphatic heterocycles. The Labute approximate surface area is 201 Å². The van der Waals surface area contributed by atoms with E-state index in [9.17, 15) is 23.2 Å². The van der Waals surface area contributed by atoms with Crippen LogP contribution < -0.4 is 9.47 Å². The van der Waals surface area contributed by atoms with E-state index in [0.29, 0.717) is 19.0 Å². The Morgan fingerprint density at radius 1 is 1.20 bits per heavy atom. The summed E-state index contributed by atoms with van der Waals surface area (Å²) in [7, 11) is 1.26. The van der Waals surface area contributed by atoms with Gasteiger partial charge in [0, 0.05) is 44.1 Å². The van der Waals surface area contributed by atoms with E-state index in [1.807, 2.05) is 18.3 Å². The van der Waals surface area contributed by atoms with Crippen LogP contribution in [0.2, 0.25) is 0 Å². The minimum absolute atomic E-state index is 0.00583. The first-order valence-electron chi connectivity index (χ1n) is 11.4. The first-order valence-corrected chi connectivity index (χ1v) is 11.4. The zero-order chi connectivity index (χ0) is 25.2. The first-order chi connectivity index (χ1) is 16.7. The molecule has 1 aromatic heterocycles. The number of methoxy groups -OCH3 is 1. The van der Waals surface area contributed by atoms with Gasteiger partial charge in [-0.2, -0.15) is 18.4 Å². The molecular formula is C25H26F3N3O4. The number of ether oxygens (including phenoxy) is 3. The number of rotatable bonds is 6. The monoisotopic (exact) mass is 489 g/mol. The van der Waals surface area contributed by atoms with Crippen LogP contribution in [0.3, 0.4) is 0 Å². The molecule has 4 rings (SSSR count). The molecule has 10 heteroatoms. The summed E-state index contributed by atoms with van der Waals surface area (Å²) >= 11 is 0. The smallest absolute Gasteiger partial charge is 0.425 e. The number of alkyl halides is 3. The summed E-state index contributed by atoms with van der Waals surface area (Å²) in [6, 6.07) is 8.40. The maximum Gasteiger partial charge on any atom is 0.425 e. The average molecular weight is 489 g/mol. The molecule has 2 fully saturated rings. The van der Waals surface area contributed by atoms with Crippen LogP contribution in [-0.2, 0) is 4.74 Å². The fraction of sp³-hybridized carbons (Fsp3) is 0.480. The number of nitriles is 1. The van der Waals surface area contributed by atoms with Crippen molar-refractivity contribution in [2.75, 3.05) is 33.4 Å². The predicted octanol–water partition coefficient (Wildman–Crippen LogP) is 4.43. The number of hydrogen-bond acceptors (Lipinski definition) is 6. The largest absolute Gasteiger partial charge is 0.494 e. The van der Waals surface area contributed by atoms with E-state index in [1.165, 1.54) is 29.7 Å². The third-order valence-electron chi connectivity index (χ3n) is 6.51. The number of carbonyl (C=O) groups excluding carboxylic acids is 1. The van der Waals surface area contributed by atoms with E-state index >= 15 is 0 Å². The van der Waals surface area contributed by atoms with Gasteiger partial charge in [-0.25, -0.2) is 0 Å². The Hall–Kier alpha value is -3.32. The van der Waals surface area contributed by atoms with Gasteiger partial charge in [-0.15, -0.1) is 0 Å². The SMILES string of the molecule is COc1c(C#N)ccc(O[C@@H](C)C(F)(F)F)c1C(=O)N1CC(c2ccc(C3CCOCC3)cn2)C1. The molecule has 186 valence electrons. The number of aromatic nitrogens is 1. The zero-order valence-electron chi connectivity index (χ0n) is 19.5. The second-order valence-electron chi connectivity index (χ2n) is 8.74. The average Bonchev–Trinajstić information content (AvgIpc) is 2.83. The molecule has 7 nitrogen and oxygen atoms in total. The number of benzene rings is 1. The topological polar surface area (TPSA) is 84.7 Å². The normalized spacial score (nSPS) is 17.9. The van der Waals surface area contributed by atoms with Crippen molar-refractivity contribution in [1.29, 1.82) is 5.26 Å². The molecule has 2 saturated heterocycles. The van der Waals surface area contributed by atoms with Crippen molar-refractivity contribution < 1.29 is 32.2 Å². The van der Waals surface area contributed by atoms with Gasteiger partial charge in [-0.1, -0.05) is 6.07 Å². The van der Waals surface area contributed by atoms with Crippen LogP contribution in [0.25, 0.3) is 0 Å². The molecule has 2 aliphatic rings. The second kappa shape index (κ2) is 10.1. The van der Waals surface area contributed by atoms with Crippen LogP contribution in [0, 0.1) is 11.3 Å². The lowest BCUT2D eigenvalue weighted by Gasteiger charge is -2.39. The molecule has 1 aromatic carbocycles. The Balaban J connectivity index is 1.50. The number of pyridine rings is 1. The summed E-state index contributed by atoms with van der Waals surface area (Å²) in [6.45, 7) is 3.04. The van der Waals surface area contributed by atoms with E-state index < -0.39 is 18.2 Å². The van der Waals surface area contributed by atoms with Crippen molar-refractivity contribution in [3.8, 4) is 17.6 Å². The zero-order valence-corrected chi connectivity index (χ0v) is 19.5. The number of amides is 1. The summed E-state index contributed by atoms with van der Waals surface area (Å²) in [6.07, 6.45) is -2.96. The highest BCUT2D eigenvalue weighted by Crippen LogP contribution is 2.38. The third-order valence-corrected chi connectivity index (χ3v) is 6.51. The molecule has 0 spiro atoms. The lowest BCUT2D eigenvalue weighted by Crippen LogP contribution is -2.49. The van der Waals surface area contributed by atoms with Crippen molar-refractivity contribution in [3.63, 3.8) is 0 Å². The highest BCUT2D eigenvalue weighted by atomic mass is 19.4. The summed E-state index contributed by atoms with van der Waals surface area (Å²) in [5.74, 6) is -0.503. The number of likely N-dealkylation sites (tertiary alicyclic amines) is 1. The number of halogens is 3. The Morgan fingerprint density at radius 3 is 2.49 bits per heavy atom. The molecule has 3 heterocycles. The molecule has 35 heavy (non-hydrogen) atoms. The van der Waals surface area contributed by atoms with Gasteiger partial charge in [0.05, 0.1) is 12.7 Å². The minimum Gasteiger partial charge on any atom is -0.494 e. The molecule has 0 aliphatic carbocycles. The fourth-order valence-corrected chi connectivity index (χ4v) is 4.34. The van der Waals surface area contributed by atoms with Gasteiger partial charge in [0.1, 0.15) is 17.4 Å². The standard InChI is InChI=1S/C25H26F3N3O4/c1-15(25(26,27)28)35-21-6-4-17(11-29)23(33-2)22(21)24(32)31-13-19(14-31)20-5-3-18(12-30-20)16-7-9-34-10-8-16/h3-6,12,15-16,19H,7-10,13-14H2,1-2H3/t15-/m0/s1. The highest BCUT2D eigenvalue weighted by Gasteiger charge is 2.41. The van der Waals surface area contributed by atoms with Crippen LogP contribution >= 0.6 is 0 Å². The Bertz CT molecular complexity index is 1100. The lowest BCUT2D eigenvalue weighted by molar-refractivity contribution is -0.189. The van der Waals surface area contributed by atoms with Gasteiger partial charge < -0.3 is 19.1 Å². The van der Waals surface area contributed by atoms with Crippen molar-refractivity contribution in [1.82, 2.24) is 9.88 Å². The van der Waals surface area contributed by atoms with Gasteiger partial charge >= 0.3 is 6.18 Å². The molecule has 1 amide bonds. The third kappa shape index (κ3) is 5.20. The number of nitrogens with zero attached hydrogens (tertiary/aromatic N) is 3. The summed E-state index contributed by atoms with van der Waals surface area (Å²) < 4.78 is 55.0. The molecule has 2 aromatic rings. The molecule has 1 atom stereocenters. The van der Waals surface area contributed by atoms with Crippen molar-refractivity contribution in [2.45, 2.75) is 43.9 Å². The molecular weight excluding hydrogens is 463 g/mol. The van der Waals surface area contributed by atoms with E-state index in [1.54, 1.807) is 0 Å². The number of hydrogen-bond donors (Lipinski definition) is 0. The van der Waals surface area contributed by atoms with Crippen LogP contribution in [-0.4, -0.2) is 61.5 Å². The maximum absolute atomic E-state index is 13.3. The van der Waals surface area contributed by atoms with E-state index in [0.717, 1.165) is 38.7 Å². The lowest BCUT2D eigenvalue weighted by atomic mass is 9.90. The second-order valence-corrected chi connectivity index (χ2v) is 8.74. The minimum atomic E-state index is -4.62. The van der Waals surface area contributed by atoms with Gasteiger partial charge in [0.2, 0.25) is 0 Å². The summed E-state index contributed by atoms with van der Waals surface area (Å²) in [5.41, 5.74) is 1.86. The van der Waals surface area contributed by atoms with Gasteiger partial charge in [0.15, 0.2) is 11.9 Å². The summed E-state index contributed by atoms with van der Waals surface area (Å²) in [4.78, 5) is 19.4. The van der Waals surface area contributed by atoms with Crippen LogP contribution in [0.1, 0.15) is 58.8 Å². The van der Waals surface area contributed by atoms with E-state index in [4.69, 9.17) is 14.2 Å². The quantitative estimate of drug-likeness (QED) is 0.597. The summed E-state index contributed by atoms with van der Waals surface area (Å²) in [5, 5.41) is 9.38. The van der Waals surface area contributed by atoms with Gasteiger partial charge in [0.25, 0.3) is 5.91 Å². The molecule has 0 saturated carbocycles. The first kappa shape index (κ1) is 24.8.